The summed E-state index contributed by atoms with van der Waals surface area (Å²) in [6.45, 7) is 1.85. The molecule has 0 fully saturated rings. The Morgan fingerprint density at radius 2 is 2.00 bits per heavy atom. The summed E-state index contributed by atoms with van der Waals surface area (Å²) in [5, 5.41) is 0. The van der Waals surface area contributed by atoms with Crippen LogP contribution in [0.5, 0.6) is 0 Å². The van der Waals surface area contributed by atoms with Crippen LogP contribution in [0, 0.1) is 12.7 Å². The molecule has 0 saturated heterocycles. The fraction of sp³-hybridized carbons (Fsp3) is 0.143. The first-order valence-electron chi connectivity index (χ1n) is 2.62. The van der Waals surface area contributed by atoms with E-state index in [2.05, 4.69) is 15.9 Å². The maximum absolute atomic E-state index is 12.5. The van der Waals surface area contributed by atoms with E-state index in [-0.39, 0.29) is 11.3 Å². The third kappa shape index (κ3) is 1.78. The molecule has 1 nitrogen and oxygen atoms in total. The van der Waals surface area contributed by atoms with Crippen molar-refractivity contribution in [2.75, 3.05) is 0 Å². The van der Waals surface area contributed by atoms with Crippen LogP contribution in [-0.2, 0) is 0 Å². The molecule has 0 saturated carbocycles. The van der Waals surface area contributed by atoms with Gasteiger partial charge in [-0.2, -0.15) is 0 Å². The van der Waals surface area contributed by atoms with Crippen LogP contribution in [0.15, 0.2) is 22.7 Å². The number of rotatable bonds is 0. The van der Waals surface area contributed by atoms with E-state index < -0.39 is 0 Å². The molecule has 1 aromatic carbocycles. The van der Waals surface area contributed by atoms with Gasteiger partial charge in [0.25, 0.3) is 0 Å². The van der Waals surface area contributed by atoms with Crippen LogP contribution in [0.1, 0.15) is 5.56 Å². The summed E-state index contributed by atoms with van der Waals surface area (Å²) in [7, 11) is 0. The Kier molecular flexibility index (Phi) is 3.53. The smallest absolute Gasteiger partial charge is 0.137 e. The van der Waals surface area contributed by atoms with Gasteiger partial charge in [-0.1, -0.05) is 12.1 Å². The van der Waals surface area contributed by atoms with E-state index in [1.807, 2.05) is 13.0 Å². The highest BCUT2D eigenvalue weighted by molar-refractivity contribution is 9.10. The fourth-order valence-corrected chi connectivity index (χ4v) is 0.876. The quantitative estimate of drug-likeness (QED) is 0.623. The van der Waals surface area contributed by atoms with E-state index in [9.17, 15) is 4.39 Å². The van der Waals surface area contributed by atoms with Gasteiger partial charge in [0.1, 0.15) is 5.82 Å². The summed E-state index contributed by atoms with van der Waals surface area (Å²) in [6, 6.07) is 4.97. The van der Waals surface area contributed by atoms with Crippen molar-refractivity contribution < 1.29 is 9.87 Å². The van der Waals surface area contributed by atoms with Crippen LogP contribution < -0.4 is 0 Å². The van der Waals surface area contributed by atoms with Crippen LogP contribution in [0.25, 0.3) is 0 Å². The van der Waals surface area contributed by atoms with Crippen LogP contribution in [0.2, 0.25) is 0 Å². The van der Waals surface area contributed by atoms with Crippen molar-refractivity contribution in [3.8, 4) is 0 Å². The Bertz CT molecular complexity index is 205. The van der Waals surface area contributed by atoms with Crippen LogP contribution >= 0.6 is 15.9 Å². The summed E-state index contributed by atoms with van der Waals surface area (Å²) in [5.74, 6) is -0.199. The molecule has 2 N–H and O–H groups in total. The van der Waals surface area contributed by atoms with Gasteiger partial charge in [0.05, 0.1) is 4.47 Å². The molecule has 1 rings (SSSR count). The molecule has 0 spiro atoms. The summed E-state index contributed by atoms with van der Waals surface area (Å²) in [5.41, 5.74) is 0.926. The summed E-state index contributed by atoms with van der Waals surface area (Å²) in [6.07, 6.45) is 0. The monoisotopic (exact) mass is 206 g/mol. The van der Waals surface area contributed by atoms with E-state index in [1.54, 1.807) is 6.07 Å². The molecule has 56 valence electrons. The van der Waals surface area contributed by atoms with Gasteiger partial charge in [0.15, 0.2) is 0 Å². The molecule has 0 bridgehead atoms. The average Bonchev–Trinajstić information content (AvgIpc) is 1.83. The van der Waals surface area contributed by atoms with Gasteiger partial charge in [-0.3, -0.25) is 0 Å². The Balaban J connectivity index is 0.000000810. The van der Waals surface area contributed by atoms with Gasteiger partial charge in [0.2, 0.25) is 0 Å². The minimum Gasteiger partial charge on any atom is -0.412 e. The summed E-state index contributed by atoms with van der Waals surface area (Å²) < 4.78 is 13.1. The third-order valence-corrected chi connectivity index (χ3v) is 2.15. The maximum atomic E-state index is 12.5. The first-order valence-corrected chi connectivity index (χ1v) is 3.41. The van der Waals surface area contributed by atoms with Crippen molar-refractivity contribution in [1.82, 2.24) is 0 Å². The van der Waals surface area contributed by atoms with E-state index in [1.165, 1.54) is 6.07 Å². The molecule has 0 aliphatic carbocycles. The second-order valence-electron chi connectivity index (χ2n) is 1.87. The lowest BCUT2D eigenvalue weighted by molar-refractivity contribution is 0.619. The molecule has 0 atom stereocenters. The molecule has 0 aliphatic rings. The number of hydrogen-bond donors (Lipinski definition) is 0. The van der Waals surface area contributed by atoms with Crippen LogP contribution in [-0.4, -0.2) is 5.48 Å². The molecule has 0 heterocycles. The van der Waals surface area contributed by atoms with Gasteiger partial charge < -0.3 is 5.48 Å². The van der Waals surface area contributed by atoms with Crippen molar-refractivity contribution in [3.63, 3.8) is 0 Å². The van der Waals surface area contributed by atoms with Gasteiger partial charge in [-0.25, -0.2) is 4.39 Å². The molecule has 0 aromatic heterocycles. The summed E-state index contributed by atoms with van der Waals surface area (Å²) in [4.78, 5) is 0. The predicted molar refractivity (Wildman–Crippen MR) is 42.5 cm³/mol. The van der Waals surface area contributed by atoms with Crippen molar-refractivity contribution in [3.05, 3.63) is 34.1 Å². The summed E-state index contributed by atoms with van der Waals surface area (Å²) >= 11 is 3.10. The highest BCUT2D eigenvalue weighted by Crippen LogP contribution is 2.18. The predicted octanol–water partition coefficient (Wildman–Crippen LogP) is 2.07. The molecular formula is C7H8BrFO. The minimum atomic E-state index is -0.199. The lowest BCUT2D eigenvalue weighted by atomic mass is 10.2. The standard InChI is InChI=1S/C7H6BrF.H2O/c1-5-3-2-4-6(9)7(5)8;/h2-4H,1H3;1H2. The van der Waals surface area contributed by atoms with Crippen LogP contribution in [0.3, 0.4) is 0 Å². The molecule has 1 aromatic rings. The third-order valence-electron chi connectivity index (χ3n) is 1.14. The largest absolute Gasteiger partial charge is 0.412 e. The normalized spacial score (nSPS) is 8.70. The zero-order chi connectivity index (χ0) is 6.85. The van der Waals surface area contributed by atoms with Crippen molar-refractivity contribution in [1.29, 1.82) is 0 Å². The Morgan fingerprint density at radius 3 is 2.40 bits per heavy atom. The second kappa shape index (κ2) is 3.68. The zero-order valence-electron chi connectivity index (χ0n) is 5.49. The first kappa shape index (κ1) is 9.59. The number of aryl methyl sites for hydroxylation is 1. The second-order valence-corrected chi connectivity index (χ2v) is 2.66. The van der Waals surface area contributed by atoms with Crippen molar-refractivity contribution in [2.45, 2.75) is 6.92 Å². The Hall–Kier alpha value is -0.410. The van der Waals surface area contributed by atoms with Gasteiger partial charge in [-0.05, 0) is 34.5 Å². The SMILES string of the molecule is Cc1cccc(F)c1Br.O. The molecule has 0 unspecified atom stereocenters. The number of benzene rings is 1. The van der Waals surface area contributed by atoms with Gasteiger partial charge in [-0.15, -0.1) is 0 Å². The topological polar surface area (TPSA) is 31.5 Å². The molecule has 0 amide bonds. The van der Waals surface area contributed by atoms with Crippen LogP contribution in [0.4, 0.5) is 4.39 Å². The lowest BCUT2D eigenvalue weighted by Crippen LogP contribution is -1.79. The lowest BCUT2D eigenvalue weighted by Gasteiger charge is -1.95. The van der Waals surface area contributed by atoms with E-state index in [0.29, 0.717) is 4.47 Å². The molecule has 3 heteroatoms. The zero-order valence-corrected chi connectivity index (χ0v) is 7.07. The molecule has 10 heavy (non-hydrogen) atoms. The molecular weight excluding hydrogens is 199 g/mol. The highest BCUT2D eigenvalue weighted by Gasteiger charge is 1.97. The minimum absolute atomic E-state index is 0. The fourth-order valence-electron chi connectivity index (χ4n) is 0.612. The number of halogens is 2. The maximum Gasteiger partial charge on any atom is 0.137 e. The van der Waals surface area contributed by atoms with E-state index in [4.69, 9.17) is 0 Å². The Morgan fingerprint density at radius 1 is 1.40 bits per heavy atom. The molecule has 0 aliphatic heterocycles. The van der Waals surface area contributed by atoms with Gasteiger partial charge >= 0.3 is 0 Å². The van der Waals surface area contributed by atoms with Crippen molar-refractivity contribution >= 4 is 15.9 Å². The highest BCUT2D eigenvalue weighted by atomic mass is 79.9. The number of hydrogen-bond acceptors (Lipinski definition) is 0. The molecule has 0 radical (unpaired) electrons. The average molecular weight is 207 g/mol. The van der Waals surface area contributed by atoms with E-state index in [0.717, 1.165) is 5.56 Å². The Labute approximate surface area is 67.3 Å². The van der Waals surface area contributed by atoms with E-state index >= 15 is 0 Å². The first-order chi connectivity index (χ1) is 4.22. The van der Waals surface area contributed by atoms with Crippen molar-refractivity contribution in [2.24, 2.45) is 0 Å². The van der Waals surface area contributed by atoms with Gasteiger partial charge in [0, 0.05) is 0 Å².